The van der Waals surface area contributed by atoms with Crippen LogP contribution in [-0.2, 0) is 9.53 Å². The minimum Gasteiger partial charge on any atom is -0.465 e. The Morgan fingerprint density at radius 3 is 2.71 bits per heavy atom. The molecule has 4 nitrogen and oxygen atoms in total. The van der Waals surface area contributed by atoms with E-state index >= 15 is 0 Å². The van der Waals surface area contributed by atoms with Crippen molar-refractivity contribution < 1.29 is 9.53 Å². The molecule has 0 aromatic heterocycles. The highest BCUT2D eigenvalue weighted by molar-refractivity contribution is 5.80. The number of carbonyl (C=O) groups excluding carboxylic acids is 1. The Balaban J connectivity index is 2.66. The van der Waals surface area contributed by atoms with Gasteiger partial charge in [0.15, 0.2) is 0 Å². The van der Waals surface area contributed by atoms with Crippen LogP contribution in [0.5, 0.6) is 0 Å². The van der Waals surface area contributed by atoms with Crippen molar-refractivity contribution in [3.05, 3.63) is 0 Å². The van der Waals surface area contributed by atoms with Gasteiger partial charge in [0.1, 0.15) is 5.54 Å². The molecule has 1 fully saturated rings. The summed E-state index contributed by atoms with van der Waals surface area (Å²) in [6.45, 7) is 14.0. The summed E-state index contributed by atoms with van der Waals surface area (Å²) in [4.78, 5) is 14.8. The maximum absolute atomic E-state index is 12.3. The highest BCUT2D eigenvalue weighted by Crippen LogP contribution is 2.23. The molecule has 0 aliphatic carbocycles. The van der Waals surface area contributed by atoms with Gasteiger partial charge < -0.3 is 15.0 Å². The predicted octanol–water partition coefficient (Wildman–Crippen LogP) is 2.82. The molecule has 0 radical (unpaired) electrons. The zero-order valence-electron chi connectivity index (χ0n) is 14.6. The number of carbonyl (C=O) groups is 1. The molecule has 124 valence electrons. The highest BCUT2D eigenvalue weighted by Gasteiger charge is 2.36. The van der Waals surface area contributed by atoms with Gasteiger partial charge in [-0.3, -0.25) is 4.79 Å². The summed E-state index contributed by atoms with van der Waals surface area (Å²) in [5.74, 6) is 0.703. The van der Waals surface area contributed by atoms with Crippen LogP contribution in [-0.4, -0.2) is 48.7 Å². The fourth-order valence-electron chi connectivity index (χ4n) is 3.35. The Hall–Kier alpha value is -0.610. The van der Waals surface area contributed by atoms with Gasteiger partial charge in [0, 0.05) is 6.04 Å². The average Bonchev–Trinajstić information content (AvgIpc) is 2.64. The van der Waals surface area contributed by atoms with Gasteiger partial charge in [-0.05, 0) is 72.0 Å². The van der Waals surface area contributed by atoms with Gasteiger partial charge >= 0.3 is 5.97 Å². The number of hydrogen-bond acceptors (Lipinski definition) is 4. The molecule has 1 N–H and O–H groups in total. The number of ether oxygens (including phenoxy) is 1. The van der Waals surface area contributed by atoms with Crippen molar-refractivity contribution in [1.82, 2.24) is 10.2 Å². The minimum atomic E-state index is -0.581. The number of likely N-dealkylation sites (tertiary alicyclic amines) is 1. The molecule has 0 bridgehead atoms. The lowest BCUT2D eigenvalue weighted by Gasteiger charge is -2.35. The van der Waals surface area contributed by atoms with E-state index in [4.69, 9.17) is 4.74 Å². The molecule has 1 heterocycles. The minimum absolute atomic E-state index is 0.123. The monoisotopic (exact) mass is 298 g/mol. The molecule has 21 heavy (non-hydrogen) atoms. The third-order valence-corrected chi connectivity index (χ3v) is 4.67. The van der Waals surface area contributed by atoms with Gasteiger partial charge in [0.2, 0.25) is 0 Å². The summed E-state index contributed by atoms with van der Waals surface area (Å²) in [5, 5.41) is 3.34. The van der Waals surface area contributed by atoms with Crippen molar-refractivity contribution in [2.24, 2.45) is 5.92 Å². The molecule has 0 spiro atoms. The van der Waals surface area contributed by atoms with Gasteiger partial charge in [-0.2, -0.15) is 0 Å². The lowest BCUT2D eigenvalue weighted by Crippen LogP contribution is -2.54. The Bertz CT molecular complexity index is 322. The Morgan fingerprint density at radius 2 is 2.10 bits per heavy atom. The number of likely N-dealkylation sites (N-methyl/N-ethyl adjacent to an activating group) is 1. The molecule has 3 atom stereocenters. The number of nitrogens with zero attached hydrogens (tertiary/aromatic N) is 1. The molecule has 4 heteroatoms. The smallest absolute Gasteiger partial charge is 0.326 e. The molecular weight excluding hydrogens is 264 g/mol. The number of esters is 1. The zero-order valence-corrected chi connectivity index (χ0v) is 14.6. The van der Waals surface area contributed by atoms with E-state index in [1.165, 1.54) is 19.3 Å². The second kappa shape index (κ2) is 8.74. The molecule has 1 rings (SSSR count). The molecule has 3 unspecified atom stereocenters. The van der Waals surface area contributed by atoms with Crippen molar-refractivity contribution in [3.63, 3.8) is 0 Å². The van der Waals surface area contributed by atoms with Gasteiger partial charge in [0.25, 0.3) is 0 Å². The van der Waals surface area contributed by atoms with Gasteiger partial charge in [-0.1, -0.05) is 13.8 Å². The first-order chi connectivity index (χ1) is 9.92. The van der Waals surface area contributed by atoms with Crippen LogP contribution in [0.25, 0.3) is 0 Å². The Morgan fingerprint density at radius 1 is 1.38 bits per heavy atom. The van der Waals surface area contributed by atoms with Crippen LogP contribution in [0.1, 0.15) is 60.3 Å². The van der Waals surface area contributed by atoms with Crippen molar-refractivity contribution in [1.29, 1.82) is 0 Å². The molecule has 0 amide bonds. The van der Waals surface area contributed by atoms with E-state index in [9.17, 15) is 4.79 Å². The molecule has 0 saturated carbocycles. The molecule has 0 aromatic rings. The maximum atomic E-state index is 12.3. The van der Waals surface area contributed by atoms with Crippen LogP contribution in [0, 0.1) is 5.92 Å². The summed E-state index contributed by atoms with van der Waals surface area (Å²) in [5.41, 5.74) is -0.581. The topological polar surface area (TPSA) is 41.6 Å². The van der Waals surface area contributed by atoms with Crippen molar-refractivity contribution in [2.75, 3.05) is 26.2 Å². The van der Waals surface area contributed by atoms with Crippen LogP contribution in [0.4, 0.5) is 0 Å². The van der Waals surface area contributed by atoms with E-state index in [1.807, 2.05) is 20.8 Å². The van der Waals surface area contributed by atoms with Crippen molar-refractivity contribution >= 4 is 5.97 Å². The van der Waals surface area contributed by atoms with Gasteiger partial charge in [-0.15, -0.1) is 0 Å². The van der Waals surface area contributed by atoms with Crippen LogP contribution in [0.2, 0.25) is 0 Å². The van der Waals surface area contributed by atoms with Crippen molar-refractivity contribution in [2.45, 2.75) is 71.9 Å². The molecule has 1 aliphatic rings. The quantitative estimate of drug-likeness (QED) is 0.734. The molecule has 0 aromatic carbocycles. The Kier molecular flexibility index (Phi) is 7.67. The number of nitrogens with one attached hydrogen (secondary N) is 1. The lowest BCUT2D eigenvalue weighted by atomic mass is 9.92. The maximum Gasteiger partial charge on any atom is 0.326 e. The summed E-state index contributed by atoms with van der Waals surface area (Å²) >= 11 is 0. The highest BCUT2D eigenvalue weighted by atomic mass is 16.5. The average molecular weight is 298 g/mol. The van der Waals surface area contributed by atoms with Crippen LogP contribution in [0.3, 0.4) is 0 Å². The molecular formula is C17H34N2O2. The fourth-order valence-corrected chi connectivity index (χ4v) is 3.35. The van der Waals surface area contributed by atoms with Crippen LogP contribution < -0.4 is 5.32 Å². The van der Waals surface area contributed by atoms with Crippen molar-refractivity contribution in [3.8, 4) is 0 Å². The number of hydrogen-bond donors (Lipinski definition) is 1. The van der Waals surface area contributed by atoms with E-state index in [2.05, 4.69) is 24.1 Å². The van der Waals surface area contributed by atoms with E-state index in [0.29, 0.717) is 12.6 Å². The normalized spacial score (nSPS) is 24.9. The van der Waals surface area contributed by atoms with E-state index in [1.54, 1.807) is 0 Å². The Labute approximate surface area is 130 Å². The summed E-state index contributed by atoms with van der Waals surface area (Å²) in [6.07, 6.45) is 4.66. The summed E-state index contributed by atoms with van der Waals surface area (Å²) < 4.78 is 5.27. The lowest BCUT2D eigenvalue weighted by molar-refractivity contribution is -0.151. The van der Waals surface area contributed by atoms with Crippen LogP contribution in [0.15, 0.2) is 0 Å². The van der Waals surface area contributed by atoms with E-state index < -0.39 is 5.54 Å². The second-order valence-corrected chi connectivity index (χ2v) is 6.71. The first-order valence-corrected chi connectivity index (χ1v) is 8.59. The largest absolute Gasteiger partial charge is 0.465 e. The van der Waals surface area contributed by atoms with E-state index in [-0.39, 0.29) is 5.97 Å². The second-order valence-electron chi connectivity index (χ2n) is 6.71. The van der Waals surface area contributed by atoms with E-state index in [0.717, 1.165) is 32.0 Å². The zero-order chi connectivity index (χ0) is 15.9. The summed E-state index contributed by atoms with van der Waals surface area (Å²) in [7, 11) is 0. The standard InChI is InChI=1S/C17H34N2O2/c1-6-18-17(5,16(20)21-7-2)13-15(4)19-11-8-9-14(3)10-12-19/h14-15,18H,6-13H2,1-5H3. The molecule has 1 saturated heterocycles. The first-order valence-electron chi connectivity index (χ1n) is 8.59. The molecule has 1 aliphatic heterocycles. The third-order valence-electron chi connectivity index (χ3n) is 4.67. The first kappa shape index (κ1) is 18.4. The SMILES string of the molecule is CCNC(C)(CC(C)N1CCCC(C)CC1)C(=O)OCC. The summed E-state index contributed by atoms with van der Waals surface area (Å²) in [6, 6.07) is 0.392. The van der Waals surface area contributed by atoms with Gasteiger partial charge in [0.05, 0.1) is 6.61 Å². The van der Waals surface area contributed by atoms with Gasteiger partial charge in [-0.25, -0.2) is 0 Å². The third kappa shape index (κ3) is 5.59. The fraction of sp³-hybridized carbons (Fsp3) is 0.941. The predicted molar refractivity (Wildman–Crippen MR) is 87.4 cm³/mol. The number of rotatable bonds is 7. The van der Waals surface area contributed by atoms with Crippen LogP contribution >= 0.6 is 0 Å².